The molecule has 1 saturated carbocycles. The molecule has 0 saturated heterocycles. The first-order chi connectivity index (χ1) is 12.6. The summed E-state index contributed by atoms with van der Waals surface area (Å²) in [5.41, 5.74) is 0.612. The van der Waals surface area contributed by atoms with Crippen LogP contribution < -0.4 is 10.6 Å². The van der Waals surface area contributed by atoms with Gasteiger partial charge in [-0.15, -0.1) is 0 Å². The van der Waals surface area contributed by atoms with Crippen LogP contribution in [0.1, 0.15) is 72.8 Å². The second-order valence-corrected chi connectivity index (χ2v) is 8.71. The zero-order valence-electron chi connectivity index (χ0n) is 18.0. The van der Waals surface area contributed by atoms with E-state index in [4.69, 9.17) is 4.74 Å². The van der Waals surface area contributed by atoms with Crippen LogP contribution in [0.15, 0.2) is 36.4 Å². The summed E-state index contributed by atoms with van der Waals surface area (Å²) in [4.78, 5) is 11.6. The summed E-state index contributed by atoms with van der Waals surface area (Å²) in [7, 11) is 0. The number of carbonyl (C=O) groups is 1. The van der Waals surface area contributed by atoms with Crippen molar-refractivity contribution >= 4 is 12.2 Å². The maximum absolute atomic E-state index is 11.6. The van der Waals surface area contributed by atoms with Gasteiger partial charge < -0.3 is 15.4 Å². The topological polar surface area (TPSA) is 50.4 Å². The summed E-state index contributed by atoms with van der Waals surface area (Å²) in [5.74, 6) is 0. The number of ether oxygens (including phenoxy) is 1. The lowest BCUT2D eigenvalue weighted by atomic mass is 10.0. The standard InChI is InChI=1S/C13H26N2O2.C10H12/c1-12(2,3)17-11(16)15-13(4,5)8-9-14-10-6-7-10;1-2-3-7-10-8-5-4-6-9-10/h10,14H,6-9H2,1-5H3,(H,15,16);3-9H,2H2,1H3/b;7-3-. The molecule has 1 amide bonds. The highest BCUT2D eigenvalue weighted by Gasteiger charge is 2.26. The number of rotatable bonds is 7. The van der Waals surface area contributed by atoms with Crippen molar-refractivity contribution in [2.24, 2.45) is 0 Å². The van der Waals surface area contributed by atoms with Crippen molar-refractivity contribution in [3.05, 3.63) is 42.0 Å². The van der Waals surface area contributed by atoms with E-state index in [-0.39, 0.29) is 11.6 Å². The van der Waals surface area contributed by atoms with Gasteiger partial charge >= 0.3 is 6.09 Å². The van der Waals surface area contributed by atoms with Crippen LogP contribution in [0.4, 0.5) is 4.79 Å². The highest BCUT2D eigenvalue weighted by molar-refractivity contribution is 5.68. The minimum atomic E-state index is -0.438. The van der Waals surface area contributed by atoms with Crippen molar-refractivity contribution in [1.82, 2.24) is 10.6 Å². The van der Waals surface area contributed by atoms with Gasteiger partial charge in [0.25, 0.3) is 0 Å². The average Bonchev–Trinajstić information content (AvgIpc) is 3.36. The van der Waals surface area contributed by atoms with Crippen molar-refractivity contribution in [1.29, 1.82) is 0 Å². The van der Waals surface area contributed by atoms with E-state index in [2.05, 4.69) is 54.0 Å². The van der Waals surface area contributed by atoms with Crippen molar-refractivity contribution in [2.45, 2.75) is 84.4 Å². The Morgan fingerprint density at radius 1 is 1.15 bits per heavy atom. The highest BCUT2D eigenvalue weighted by atomic mass is 16.6. The van der Waals surface area contributed by atoms with Crippen molar-refractivity contribution in [2.75, 3.05) is 6.54 Å². The van der Waals surface area contributed by atoms with Crippen LogP contribution in [-0.2, 0) is 4.74 Å². The monoisotopic (exact) mass is 374 g/mol. The lowest BCUT2D eigenvalue weighted by molar-refractivity contribution is 0.0468. The van der Waals surface area contributed by atoms with Gasteiger partial charge in [0.1, 0.15) is 5.60 Å². The van der Waals surface area contributed by atoms with Crippen LogP contribution >= 0.6 is 0 Å². The molecule has 2 rings (SSSR count). The van der Waals surface area contributed by atoms with Gasteiger partial charge in [-0.3, -0.25) is 0 Å². The van der Waals surface area contributed by atoms with Gasteiger partial charge in [0.2, 0.25) is 0 Å². The fourth-order valence-electron chi connectivity index (χ4n) is 2.34. The molecule has 2 N–H and O–H groups in total. The zero-order valence-corrected chi connectivity index (χ0v) is 18.0. The molecule has 0 unspecified atom stereocenters. The van der Waals surface area contributed by atoms with Crippen LogP contribution in [0.2, 0.25) is 0 Å². The van der Waals surface area contributed by atoms with Gasteiger partial charge in [-0.05, 0) is 72.4 Å². The molecule has 0 aromatic heterocycles. The quantitative estimate of drug-likeness (QED) is 0.658. The molecule has 1 aromatic carbocycles. The predicted octanol–water partition coefficient (Wildman–Crippen LogP) is 5.54. The van der Waals surface area contributed by atoms with Crippen LogP contribution in [0, 0.1) is 0 Å². The number of hydrogen-bond acceptors (Lipinski definition) is 3. The molecule has 4 nitrogen and oxygen atoms in total. The molecule has 4 heteroatoms. The number of nitrogens with one attached hydrogen (secondary N) is 2. The number of amides is 1. The Morgan fingerprint density at radius 2 is 1.78 bits per heavy atom. The SMILES string of the molecule is CC(C)(CCNC1CC1)NC(=O)OC(C)(C)C.CC/C=C\c1ccccc1. The molecule has 27 heavy (non-hydrogen) atoms. The molecule has 1 aliphatic rings. The maximum Gasteiger partial charge on any atom is 0.408 e. The second kappa shape index (κ2) is 11.1. The van der Waals surface area contributed by atoms with Crippen molar-refractivity contribution < 1.29 is 9.53 Å². The van der Waals surface area contributed by atoms with E-state index >= 15 is 0 Å². The summed E-state index contributed by atoms with van der Waals surface area (Å²) >= 11 is 0. The van der Waals surface area contributed by atoms with E-state index < -0.39 is 5.60 Å². The summed E-state index contributed by atoms with van der Waals surface area (Å²) in [6.45, 7) is 12.7. The molecule has 1 aliphatic carbocycles. The van der Waals surface area contributed by atoms with E-state index in [1.807, 2.05) is 40.7 Å². The summed E-state index contributed by atoms with van der Waals surface area (Å²) in [6, 6.07) is 11.1. The predicted molar refractivity (Wildman–Crippen MR) is 115 cm³/mol. The zero-order chi connectivity index (χ0) is 20.3. The Balaban J connectivity index is 0.000000309. The first-order valence-corrected chi connectivity index (χ1v) is 10.1. The molecule has 0 heterocycles. The molecule has 0 bridgehead atoms. The third-order valence-electron chi connectivity index (χ3n) is 3.95. The Labute approximate surface area is 165 Å². The smallest absolute Gasteiger partial charge is 0.408 e. The van der Waals surface area contributed by atoms with E-state index in [1.54, 1.807) is 0 Å². The number of carbonyl (C=O) groups excluding carboxylic acids is 1. The summed E-state index contributed by atoms with van der Waals surface area (Å²) in [6.07, 6.45) is 8.56. The summed E-state index contributed by atoms with van der Waals surface area (Å²) in [5, 5.41) is 6.35. The Kier molecular flexibility index (Phi) is 9.57. The number of allylic oxidation sites excluding steroid dienone is 1. The molecular formula is C23H38N2O2. The fraction of sp³-hybridized carbons (Fsp3) is 0.609. The first kappa shape index (κ1) is 23.2. The molecule has 0 aliphatic heterocycles. The number of alkyl carbamates (subject to hydrolysis) is 1. The Bertz CT molecular complexity index is 570. The van der Waals surface area contributed by atoms with Gasteiger partial charge in [0.05, 0.1) is 0 Å². The lowest BCUT2D eigenvalue weighted by Crippen LogP contribution is -2.47. The van der Waals surface area contributed by atoms with E-state index in [9.17, 15) is 4.79 Å². The third kappa shape index (κ3) is 13.1. The van der Waals surface area contributed by atoms with E-state index in [1.165, 1.54) is 18.4 Å². The normalized spacial score (nSPS) is 14.4. The maximum atomic E-state index is 11.6. The van der Waals surface area contributed by atoms with Crippen molar-refractivity contribution in [3.8, 4) is 0 Å². The second-order valence-electron chi connectivity index (χ2n) is 8.71. The molecule has 0 radical (unpaired) electrons. The number of benzene rings is 1. The van der Waals surface area contributed by atoms with Crippen molar-refractivity contribution in [3.63, 3.8) is 0 Å². The minimum absolute atomic E-state index is 0.232. The largest absolute Gasteiger partial charge is 0.444 e. The average molecular weight is 375 g/mol. The van der Waals surface area contributed by atoms with Crippen LogP contribution in [0.3, 0.4) is 0 Å². The first-order valence-electron chi connectivity index (χ1n) is 10.1. The number of hydrogen-bond donors (Lipinski definition) is 2. The fourth-order valence-corrected chi connectivity index (χ4v) is 2.34. The summed E-state index contributed by atoms with van der Waals surface area (Å²) < 4.78 is 5.24. The molecule has 0 atom stereocenters. The third-order valence-corrected chi connectivity index (χ3v) is 3.95. The van der Waals surface area contributed by atoms with Gasteiger partial charge in [-0.2, -0.15) is 0 Å². The minimum Gasteiger partial charge on any atom is -0.444 e. The molecule has 1 fully saturated rings. The Hall–Kier alpha value is -1.81. The molecule has 1 aromatic rings. The molecule has 152 valence electrons. The van der Waals surface area contributed by atoms with Crippen LogP contribution in [-0.4, -0.2) is 29.8 Å². The van der Waals surface area contributed by atoms with Gasteiger partial charge in [0.15, 0.2) is 0 Å². The Morgan fingerprint density at radius 3 is 2.30 bits per heavy atom. The lowest BCUT2D eigenvalue weighted by Gasteiger charge is -2.28. The highest BCUT2D eigenvalue weighted by Crippen LogP contribution is 2.19. The molecule has 0 spiro atoms. The van der Waals surface area contributed by atoms with Crippen LogP contribution in [0.25, 0.3) is 6.08 Å². The van der Waals surface area contributed by atoms with Gasteiger partial charge in [-0.1, -0.05) is 49.4 Å². The van der Waals surface area contributed by atoms with Gasteiger partial charge in [0, 0.05) is 11.6 Å². The van der Waals surface area contributed by atoms with Gasteiger partial charge in [-0.25, -0.2) is 4.79 Å². The van der Waals surface area contributed by atoms with Crippen LogP contribution in [0.5, 0.6) is 0 Å². The molecular weight excluding hydrogens is 336 g/mol. The van der Waals surface area contributed by atoms with E-state index in [0.29, 0.717) is 6.04 Å². The van der Waals surface area contributed by atoms with E-state index in [0.717, 1.165) is 19.4 Å².